The maximum Gasteiger partial charge on any atom is 0.249 e. The molecular formula is C18H16ClF2N3O. The highest BCUT2D eigenvalue weighted by molar-refractivity contribution is 6.33. The van der Waals surface area contributed by atoms with Gasteiger partial charge in [-0.05, 0) is 43.8 Å². The van der Waals surface area contributed by atoms with Crippen LogP contribution < -0.4 is 0 Å². The van der Waals surface area contributed by atoms with E-state index in [-0.39, 0.29) is 6.04 Å². The summed E-state index contributed by atoms with van der Waals surface area (Å²) in [6.07, 6.45) is 0. The van der Waals surface area contributed by atoms with Crippen LogP contribution in [-0.4, -0.2) is 22.1 Å². The number of hydrogen-bond acceptors (Lipinski definition) is 4. The second-order valence-corrected chi connectivity index (χ2v) is 6.15. The van der Waals surface area contributed by atoms with E-state index in [1.54, 1.807) is 18.2 Å². The Morgan fingerprint density at radius 1 is 1.12 bits per heavy atom. The standard InChI is InChI=1S/C18H16ClF2N3O/c1-11(12-7-8-15(20)16(21)9-12)24(2)10-17-22-23-18(25-17)13-5-3-4-6-14(13)19/h3-9,11H,10H2,1-2H3. The highest BCUT2D eigenvalue weighted by Gasteiger charge is 2.18. The summed E-state index contributed by atoms with van der Waals surface area (Å²) in [6.45, 7) is 2.25. The van der Waals surface area contributed by atoms with Crippen molar-refractivity contribution in [1.82, 2.24) is 15.1 Å². The van der Waals surface area contributed by atoms with E-state index < -0.39 is 11.6 Å². The average molecular weight is 364 g/mol. The van der Waals surface area contributed by atoms with Crippen LogP contribution in [0.1, 0.15) is 24.4 Å². The quantitative estimate of drug-likeness (QED) is 0.649. The molecule has 1 atom stereocenters. The summed E-state index contributed by atoms with van der Waals surface area (Å²) < 4.78 is 32.2. The molecule has 0 spiro atoms. The van der Waals surface area contributed by atoms with Crippen molar-refractivity contribution < 1.29 is 13.2 Å². The molecule has 0 bridgehead atoms. The van der Waals surface area contributed by atoms with Crippen molar-refractivity contribution in [3.63, 3.8) is 0 Å². The van der Waals surface area contributed by atoms with Crippen LogP contribution in [0.25, 0.3) is 11.5 Å². The van der Waals surface area contributed by atoms with Crippen molar-refractivity contribution in [2.24, 2.45) is 0 Å². The van der Waals surface area contributed by atoms with Crippen LogP contribution in [0.3, 0.4) is 0 Å². The van der Waals surface area contributed by atoms with Crippen molar-refractivity contribution in [2.45, 2.75) is 19.5 Å². The van der Waals surface area contributed by atoms with Crippen LogP contribution in [0.2, 0.25) is 5.02 Å². The van der Waals surface area contributed by atoms with Crippen LogP contribution in [0.15, 0.2) is 46.9 Å². The summed E-state index contributed by atoms with van der Waals surface area (Å²) in [7, 11) is 1.84. The molecule has 3 rings (SSSR count). The van der Waals surface area contributed by atoms with Gasteiger partial charge in [-0.2, -0.15) is 0 Å². The molecule has 0 aliphatic carbocycles. The summed E-state index contributed by atoms with van der Waals surface area (Å²) in [4.78, 5) is 1.90. The molecule has 7 heteroatoms. The Balaban J connectivity index is 1.74. The molecule has 0 saturated carbocycles. The van der Waals surface area contributed by atoms with Crippen molar-refractivity contribution in [2.75, 3.05) is 7.05 Å². The SMILES string of the molecule is CC(c1ccc(F)c(F)c1)N(C)Cc1nnc(-c2ccccc2Cl)o1. The van der Waals surface area contributed by atoms with Crippen molar-refractivity contribution in [3.05, 3.63) is 70.6 Å². The number of benzene rings is 2. The van der Waals surface area contributed by atoms with Gasteiger partial charge in [-0.25, -0.2) is 8.78 Å². The lowest BCUT2D eigenvalue weighted by Gasteiger charge is -2.23. The molecule has 0 aliphatic heterocycles. The third-order valence-corrected chi connectivity index (χ3v) is 4.37. The Morgan fingerprint density at radius 3 is 2.60 bits per heavy atom. The number of nitrogens with zero attached hydrogens (tertiary/aromatic N) is 3. The van der Waals surface area contributed by atoms with E-state index in [4.69, 9.17) is 16.0 Å². The minimum absolute atomic E-state index is 0.161. The topological polar surface area (TPSA) is 42.2 Å². The second kappa shape index (κ2) is 7.29. The number of hydrogen-bond donors (Lipinski definition) is 0. The fourth-order valence-electron chi connectivity index (χ4n) is 2.44. The van der Waals surface area contributed by atoms with Crippen LogP contribution in [0.4, 0.5) is 8.78 Å². The van der Waals surface area contributed by atoms with E-state index in [0.717, 1.165) is 6.07 Å². The number of rotatable bonds is 5. The van der Waals surface area contributed by atoms with Crippen LogP contribution in [0, 0.1) is 11.6 Å². The van der Waals surface area contributed by atoms with Gasteiger partial charge in [0, 0.05) is 6.04 Å². The first kappa shape index (κ1) is 17.5. The zero-order chi connectivity index (χ0) is 18.0. The first-order valence-corrected chi connectivity index (χ1v) is 8.06. The fraction of sp³-hybridized carbons (Fsp3) is 0.222. The summed E-state index contributed by atoms with van der Waals surface area (Å²) >= 11 is 6.13. The van der Waals surface area contributed by atoms with Crippen LogP contribution in [0.5, 0.6) is 0 Å². The summed E-state index contributed by atoms with van der Waals surface area (Å²) in [6, 6.07) is 10.9. The normalized spacial score (nSPS) is 12.6. The Bertz CT molecular complexity index is 884. The Kier molecular flexibility index (Phi) is 5.11. The largest absolute Gasteiger partial charge is 0.419 e. The van der Waals surface area contributed by atoms with E-state index in [2.05, 4.69) is 10.2 Å². The fourth-order valence-corrected chi connectivity index (χ4v) is 2.65. The molecule has 0 fully saturated rings. The zero-order valence-corrected chi connectivity index (χ0v) is 14.5. The van der Waals surface area contributed by atoms with Gasteiger partial charge in [-0.1, -0.05) is 29.8 Å². The van der Waals surface area contributed by atoms with E-state index in [0.29, 0.717) is 34.5 Å². The highest BCUT2D eigenvalue weighted by atomic mass is 35.5. The highest BCUT2D eigenvalue weighted by Crippen LogP contribution is 2.27. The van der Waals surface area contributed by atoms with Crippen molar-refractivity contribution in [3.8, 4) is 11.5 Å². The molecule has 0 saturated heterocycles. The van der Waals surface area contributed by atoms with Crippen LogP contribution >= 0.6 is 11.6 Å². The summed E-state index contributed by atoms with van der Waals surface area (Å²) in [5.41, 5.74) is 1.33. The average Bonchev–Trinajstić information content (AvgIpc) is 3.05. The van der Waals surface area contributed by atoms with Gasteiger partial charge < -0.3 is 4.42 Å². The lowest BCUT2D eigenvalue weighted by Crippen LogP contribution is -2.22. The first-order chi connectivity index (χ1) is 12.0. The van der Waals surface area contributed by atoms with E-state index >= 15 is 0 Å². The summed E-state index contributed by atoms with van der Waals surface area (Å²) in [5, 5.41) is 8.58. The Morgan fingerprint density at radius 2 is 1.88 bits per heavy atom. The van der Waals surface area contributed by atoms with Gasteiger partial charge in [0.25, 0.3) is 0 Å². The minimum Gasteiger partial charge on any atom is -0.419 e. The maximum atomic E-state index is 13.4. The van der Waals surface area contributed by atoms with Crippen molar-refractivity contribution >= 4 is 11.6 Å². The third kappa shape index (κ3) is 3.86. The van der Waals surface area contributed by atoms with Crippen LogP contribution in [-0.2, 0) is 6.54 Å². The predicted molar refractivity (Wildman–Crippen MR) is 91.0 cm³/mol. The zero-order valence-electron chi connectivity index (χ0n) is 13.7. The molecule has 0 aliphatic rings. The molecule has 4 nitrogen and oxygen atoms in total. The summed E-state index contributed by atoms with van der Waals surface area (Å²) in [5.74, 6) is -0.974. The molecule has 0 amide bonds. The lowest BCUT2D eigenvalue weighted by atomic mass is 10.1. The Hall–Kier alpha value is -2.31. The van der Waals surface area contributed by atoms with Gasteiger partial charge in [-0.3, -0.25) is 4.90 Å². The molecule has 3 aromatic rings. The monoisotopic (exact) mass is 363 g/mol. The van der Waals surface area contributed by atoms with E-state index in [1.165, 1.54) is 6.07 Å². The molecule has 0 radical (unpaired) electrons. The van der Waals surface area contributed by atoms with Gasteiger partial charge in [0.05, 0.1) is 17.1 Å². The van der Waals surface area contributed by atoms with Gasteiger partial charge in [0.2, 0.25) is 11.8 Å². The molecular weight excluding hydrogens is 348 g/mol. The molecule has 25 heavy (non-hydrogen) atoms. The van der Waals surface area contributed by atoms with Crippen molar-refractivity contribution in [1.29, 1.82) is 0 Å². The van der Waals surface area contributed by atoms with Gasteiger partial charge in [-0.15, -0.1) is 10.2 Å². The minimum atomic E-state index is -0.864. The predicted octanol–water partition coefficient (Wildman–Crippen LogP) is 4.86. The van der Waals surface area contributed by atoms with Gasteiger partial charge in [0.1, 0.15) is 0 Å². The molecule has 0 N–H and O–H groups in total. The first-order valence-electron chi connectivity index (χ1n) is 7.68. The molecule has 1 unspecified atom stereocenters. The van der Waals surface area contributed by atoms with E-state index in [1.807, 2.05) is 31.0 Å². The third-order valence-electron chi connectivity index (χ3n) is 4.04. The molecule has 2 aromatic carbocycles. The van der Waals surface area contributed by atoms with E-state index in [9.17, 15) is 8.78 Å². The Labute approximate surface area is 149 Å². The molecule has 1 heterocycles. The second-order valence-electron chi connectivity index (χ2n) is 5.75. The maximum absolute atomic E-state index is 13.4. The smallest absolute Gasteiger partial charge is 0.249 e. The number of halogens is 3. The molecule has 130 valence electrons. The lowest BCUT2D eigenvalue weighted by molar-refractivity contribution is 0.228. The van der Waals surface area contributed by atoms with Gasteiger partial charge >= 0.3 is 0 Å². The molecule has 1 aromatic heterocycles. The van der Waals surface area contributed by atoms with Gasteiger partial charge in [0.15, 0.2) is 11.6 Å². The number of aromatic nitrogens is 2.